The molecule has 0 bridgehead atoms. The van der Waals surface area contributed by atoms with Crippen LogP contribution in [0.3, 0.4) is 0 Å². The van der Waals surface area contributed by atoms with Gasteiger partial charge in [-0.3, -0.25) is 4.79 Å². The van der Waals surface area contributed by atoms with Crippen LogP contribution < -0.4 is 0 Å². The summed E-state index contributed by atoms with van der Waals surface area (Å²) < 4.78 is 0. The Hall–Kier alpha value is -0.375. The van der Waals surface area contributed by atoms with Gasteiger partial charge in [-0.2, -0.15) is 12.6 Å². The lowest BCUT2D eigenvalue weighted by Crippen LogP contribution is -2.14. The Balaban J connectivity index is 0. The summed E-state index contributed by atoms with van der Waals surface area (Å²) in [4.78, 5) is 12.8. The van der Waals surface area contributed by atoms with Gasteiger partial charge in [0, 0.05) is 19.7 Å². The Morgan fingerprint density at radius 2 is 1.88 bits per heavy atom. The van der Waals surface area contributed by atoms with E-state index in [1.54, 1.807) is 11.9 Å². The van der Waals surface area contributed by atoms with E-state index in [0.29, 0.717) is 6.42 Å². The lowest BCUT2D eigenvalue weighted by molar-refractivity contribution is -0.125. The zero-order valence-corrected chi connectivity index (χ0v) is 13.0. The van der Waals surface area contributed by atoms with Crippen LogP contribution in [0.2, 0.25) is 5.31 Å². The van der Waals surface area contributed by atoms with Gasteiger partial charge in [-0.25, -0.2) is 0 Å². The summed E-state index contributed by atoms with van der Waals surface area (Å²) in [6, 6.07) is 0. The van der Waals surface area contributed by atoms with Crippen molar-refractivity contribution >= 4 is 26.4 Å². The Bertz CT molecular complexity index is 252. The SMILES string of the molecule is CC.CCS.[B]C(C)(CC)C1=CN(C)C(=O)C1. The van der Waals surface area contributed by atoms with Crippen molar-refractivity contribution in [3.05, 3.63) is 11.8 Å². The summed E-state index contributed by atoms with van der Waals surface area (Å²) in [5, 5.41) is -0.319. The first kappa shape index (κ1) is 19.0. The molecule has 0 aromatic heterocycles. The fourth-order valence-corrected chi connectivity index (χ4v) is 1.22. The van der Waals surface area contributed by atoms with Gasteiger partial charge in [-0.15, -0.1) is 0 Å². The van der Waals surface area contributed by atoms with Crippen molar-refractivity contribution in [2.24, 2.45) is 0 Å². The molecule has 2 radical (unpaired) electrons. The van der Waals surface area contributed by atoms with E-state index < -0.39 is 0 Å². The molecule has 1 unspecified atom stereocenters. The van der Waals surface area contributed by atoms with Crippen LogP contribution in [0.25, 0.3) is 0 Å². The number of thiol groups is 1. The summed E-state index contributed by atoms with van der Waals surface area (Å²) in [7, 11) is 7.76. The molecule has 1 atom stereocenters. The lowest BCUT2D eigenvalue weighted by atomic mass is 9.63. The second-order valence-corrected chi connectivity index (χ2v) is 4.56. The third-order valence-electron chi connectivity index (χ3n) is 2.55. The predicted molar refractivity (Wildman–Crippen MR) is 80.8 cm³/mol. The molecule has 1 aliphatic heterocycles. The zero-order chi connectivity index (χ0) is 14.1. The van der Waals surface area contributed by atoms with Crippen molar-refractivity contribution in [3.8, 4) is 0 Å². The largest absolute Gasteiger partial charge is 0.322 e. The zero-order valence-electron chi connectivity index (χ0n) is 12.1. The lowest BCUT2D eigenvalue weighted by Gasteiger charge is -2.23. The van der Waals surface area contributed by atoms with Crippen LogP contribution in [0, 0.1) is 0 Å². The van der Waals surface area contributed by atoms with Crippen LogP contribution in [0.1, 0.15) is 47.5 Å². The minimum atomic E-state index is -0.319. The third-order valence-corrected chi connectivity index (χ3v) is 2.55. The van der Waals surface area contributed by atoms with Crippen LogP contribution in [-0.4, -0.2) is 31.5 Å². The maximum atomic E-state index is 11.2. The van der Waals surface area contributed by atoms with Crippen molar-refractivity contribution in [3.63, 3.8) is 0 Å². The highest BCUT2D eigenvalue weighted by Crippen LogP contribution is 2.39. The highest BCUT2D eigenvalue weighted by molar-refractivity contribution is 7.80. The smallest absolute Gasteiger partial charge is 0.230 e. The highest BCUT2D eigenvalue weighted by Gasteiger charge is 2.28. The van der Waals surface area contributed by atoms with Crippen molar-refractivity contribution in [1.29, 1.82) is 0 Å². The molecule has 0 N–H and O–H groups in total. The number of amides is 1. The molecule has 0 saturated heterocycles. The summed E-state index contributed by atoms with van der Waals surface area (Å²) in [6.45, 7) is 9.98. The minimum Gasteiger partial charge on any atom is -0.322 e. The van der Waals surface area contributed by atoms with E-state index in [1.807, 2.05) is 40.8 Å². The quantitative estimate of drug-likeness (QED) is 0.592. The number of hydrogen-bond donors (Lipinski definition) is 1. The Labute approximate surface area is 114 Å². The number of rotatable bonds is 2. The third kappa shape index (κ3) is 6.82. The Morgan fingerprint density at radius 3 is 2.12 bits per heavy atom. The molecule has 98 valence electrons. The summed E-state index contributed by atoms with van der Waals surface area (Å²) in [6.07, 6.45) is 3.20. The van der Waals surface area contributed by atoms with Gasteiger partial charge in [-0.1, -0.05) is 41.0 Å². The average Bonchev–Trinajstić information content (AvgIpc) is 2.64. The summed E-state index contributed by atoms with van der Waals surface area (Å²) in [5.41, 5.74) is 1.04. The first-order chi connectivity index (χ1) is 7.88. The van der Waals surface area contributed by atoms with Gasteiger partial charge in [0.05, 0.1) is 7.85 Å². The molecule has 2 nitrogen and oxygen atoms in total. The van der Waals surface area contributed by atoms with Crippen LogP contribution in [-0.2, 0) is 4.79 Å². The van der Waals surface area contributed by atoms with E-state index in [4.69, 9.17) is 7.85 Å². The van der Waals surface area contributed by atoms with E-state index in [2.05, 4.69) is 12.6 Å². The number of nitrogens with zero attached hydrogens (tertiary/aromatic N) is 1. The molecule has 17 heavy (non-hydrogen) atoms. The van der Waals surface area contributed by atoms with Gasteiger partial charge in [-0.05, 0) is 16.6 Å². The molecule has 0 fully saturated rings. The van der Waals surface area contributed by atoms with Gasteiger partial charge in [0.25, 0.3) is 0 Å². The molecule has 1 aliphatic rings. The second-order valence-electron chi connectivity index (χ2n) is 3.92. The molecule has 0 aromatic carbocycles. The fourth-order valence-electron chi connectivity index (χ4n) is 1.22. The van der Waals surface area contributed by atoms with E-state index in [1.165, 1.54) is 0 Å². The van der Waals surface area contributed by atoms with Crippen LogP contribution in [0.5, 0.6) is 0 Å². The number of carbonyl (C=O) groups is 1. The van der Waals surface area contributed by atoms with Crippen molar-refractivity contribution in [2.75, 3.05) is 12.8 Å². The molecule has 1 amide bonds. The predicted octanol–water partition coefficient (Wildman–Crippen LogP) is 3.45. The summed E-state index contributed by atoms with van der Waals surface area (Å²) >= 11 is 3.79. The molecular weight excluding hydrogens is 229 g/mol. The average molecular weight is 255 g/mol. The molecule has 1 rings (SSSR count). The van der Waals surface area contributed by atoms with Crippen molar-refractivity contribution in [1.82, 2.24) is 4.90 Å². The van der Waals surface area contributed by atoms with Gasteiger partial charge in [0.1, 0.15) is 0 Å². The monoisotopic (exact) mass is 255 g/mol. The van der Waals surface area contributed by atoms with Gasteiger partial charge >= 0.3 is 0 Å². The standard InChI is InChI=1S/C9H14BNO.C2H6S.C2H6/c1-4-9(2,10)7-5-8(12)11(3)6-7;1-2-3;1-2/h6H,4-5H2,1-3H3;3H,2H2,1H3;1-2H3. The van der Waals surface area contributed by atoms with E-state index >= 15 is 0 Å². The topological polar surface area (TPSA) is 20.3 Å². The van der Waals surface area contributed by atoms with Crippen LogP contribution >= 0.6 is 12.6 Å². The van der Waals surface area contributed by atoms with E-state index in [-0.39, 0.29) is 11.2 Å². The van der Waals surface area contributed by atoms with E-state index in [9.17, 15) is 4.79 Å². The fraction of sp³-hybridized carbons (Fsp3) is 0.769. The van der Waals surface area contributed by atoms with Crippen LogP contribution in [0.15, 0.2) is 11.8 Å². The second kappa shape index (κ2) is 9.63. The minimum absolute atomic E-state index is 0.134. The maximum Gasteiger partial charge on any atom is 0.230 e. The van der Waals surface area contributed by atoms with E-state index in [0.717, 1.165) is 17.7 Å². The Kier molecular flexibility index (Phi) is 10.8. The molecule has 0 aliphatic carbocycles. The molecule has 0 saturated carbocycles. The first-order valence-corrected chi connectivity index (χ1v) is 6.88. The van der Waals surface area contributed by atoms with Gasteiger partial charge in [0.2, 0.25) is 5.91 Å². The first-order valence-electron chi connectivity index (χ1n) is 6.25. The summed E-state index contributed by atoms with van der Waals surface area (Å²) in [5.74, 6) is 1.08. The molecular formula is C13H26BNOS. The number of carbonyl (C=O) groups excluding carboxylic acids is 1. The highest BCUT2D eigenvalue weighted by atomic mass is 32.1. The Morgan fingerprint density at radius 1 is 1.47 bits per heavy atom. The van der Waals surface area contributed by atoms with Crippen molar-refractivity contribution < 1.29 is 4.79 Å². The van der Waals surface area contributed by atoms with Gasteiger partial charge in [0.15, 0.2) is 0 Å². The molecule has 4 heteroatoms. The number of hydrogen-bond acceptors (Lipinski definition) is 2. The molecule has 0 aromatic rings. The maximum absolute atomic E-state index is 11.2. The molecule has 1 heterocycles. The van der Waals surface area contributed by atoms with Crippen LogP contribution in [0.4, 0.5) is 0 Å². The molecule has 0 spiro atoms. The van der Waals surface area contributed by atoms with Gasteiger partial charge < -0.3 is 4.90 Å². The van der Waals surface area contributed by atoms with Crippen molar-refractivity contribution in [2.45, 2.75) is 52.8 Å². The normalized spacial score (nSPS) is 17.2.